The van der Waals surface area contributed by atoms with Crippen LogP contribution in [-0.2, 0) is 9.59 Å². The Balaban J connectivity index is 1.89. The second-order valence-electron chi connectivity index (χ2n) is 8.15. The molecule has 2 rings (SSSR count). The number of likely N-dealkylation sites (tertiary alicyclic amines) is 1. The lowest BCUT2D eigenvalue weighted by Gasteiger charge is -2.41. The summed E-state index contributed by atoms with van der Waals surface area (Å²) in [6.07, 6.45) is 6.44. The quantitative estimate of drug-likeness (QED) is 0.852. The maximum atomic E-state index is 12.6. The van der Waals surface area contributed by atoms with E-state index < -0.39 is 0 Å². The molecule has 1 N–H and O–H groups in total. The smallest absolute Gasteiger partial charge is 0.223 e. The Morgan fingerprint density at radius 3 is 2.14 bits per heavy atom. The van der Waals surface area contributed by atoms with Crippen molar-refractivity contribution in [3.05, 3.63) is 0 Å². The highest BCUT2D eigenvalue weighted by atomic mass is 16.2. The maximum absolute atomic E-state index is 12.6. The van der Waals surface area contributed by atoms with Gasteiger partial charge in [-0.2, -0.15) is 0 Å². The molecule has 4 heteroatoms. The summed E-state index contributed by atoms with van der Waals surface area (Å²) in [5, 5.41) is 3.35. The molecule has 0 bridgehead atoms. The molecule has 126 valence electrons. The van der Waals surface area contributed by atoms with Gasteiger partial charge in [0.1, 0.15) is 0 Å². The van der Waals surface area contributed by atoms with E-state index in [1.165, 1.54) is 19.3 Å². The molecule has 0 unspecified atom stereocenters. The van der Waals surface area contributed by atoms with E-state index in [1.54, 1.807) is 6.92 Å². The molecule has 0 aromatic heterocycles. The van der Waals surface area contributed by atoms with Crippen molar-refractivity contribution in [3.8, 4) is 0 Å². The number of hydrogen-bond acceptors (Lipinski definition) is 2. The average molecular weight is 308 g/mol. The molecule has 0 spiro atoms. The summed E-state index contributed by atoms with van der Waals surface area (Å²) in [6.45, 7) is 9.91. The Morgan fingerprint density at radius 1 is 1.00 bits per heavy atom. The lowest BCUT2D eigenvalue weighted by molar-refractivity contribution is -0.134. The molecule has 1 aliphatic carbocycles. The van der Waals surface area contributed by atoms with Gasteiger partial charge in [0.25, 0.3) is 0 Å². The van der Waals surface area contributed by atoms with Crippen molar-refractivity contribution in [1.82, 2.24) is 10.2 Å². The molecular weight excluding hydrogens is 276 g/mol. The molecule has 1 saturated heterocycles. The molecule has 0 aromatic carbocycles. The first kappa shape index (κ1) is 17.3. The van der Waals surface area contributed by atoms with Gasteiger partial charge < -0.3 is 10.2 Å². The Morgan fingerprint density at radius 2 is 1.59 bits per heavy atom. The normalized spacial score (nSPS) is 27.5. The van der Waals surface area contributed by atoms with Gasteiger partial charge in [0, 0.05) is 32.0 Å². The summed E-state index contributed by atoms with van der Waals surface area (Å²) in [6, 6.07) is 0.326. The average Bonchev–Trinajstić information content (AvgIpc) is 2.46. The topological polar surface area (TPSA) is 49.4 Å². The predicted molar refractivity (Wildman–Crippen MR) is 88.3 cm³/mol. The Labute approximate surface area is 135 Å². The third-order valence-corrected chi connectivity index (χ3v) is 5.52. The molecule has 0 aromatic rings. The molecular formula is C18H32N2O2. The molecule has 1 saturated carbocycles. The minimum absolute atomic E-state index is 0.0816. The third kappa shape index (κ3) is 4.23. The second kappa shape index (κ2) is 7.01. The summed E-state index contributed by atoms with van der Waals surface area (Å²) in [5.74, 6) is 0.990. The van der Waals surface area contributed by atoms with E-state index in [4.69, 9.17) is 0 Å². The number of rotatable bonds is 2. The van der Waals surface area contributed by atoms with Crippen LogP contribution in [0.4, 0.5) is 0 Å². The van der Waals surface area contributed by atoms with E-state index in [9.17, 15) is 9.59 Å². The van der Waals surface area contributed by atoms with E-state index >= 15 is 0 Å². The van der Waals surface area contributed by atoms with Crippen LogP contribution in [0, 0.1) is 17.3 Å². The van der Waals surface area contributed by atoms with Crippen molar-refractivity contribution in [2.45, 2.75) is 72.3 Å². The fourth-order valence-electron chi connectivity index (χ4n) is 4.10. The van der Waals surface area contributed by atoms with Gasteiger partial charge in [0.2, 0.25) is 11.8 Å². The van der Waals surface area contributed by atoms with Gasteiger partial charge in [-0.25, -0.2) is 0 Å². The minimum Gasteiger partial charge on any atom is -0.353 e. The zero-order valence-corrected chi connectivity index (χ0v) is 14.7. The van der Waals surface area contributed by atoms with E-state index in [0.29, 0.717) is 12.0 Å². The monoisotopic (exact) mass is 308 g/mol. The van der Waals surface area contributed by atoms with Crippen LogP contribution in [0.25, 0.3) is 0 Å². The highest BCUT2D eigenvalue weighted by Crippen LogP contribution is 2.38. The van der Waals surface area contributed by atoms with Gasteiger partial charge in [-0.1, -0.05) is 33.6 Å². The number of nitrogens with one attached hydrogen (secondary N) is 1. The number of amides is 2. The maximum Gasteiger partial charge on any atom is 0.223 e. The van der Waals surface area contributed by atoms with Crippen LogP contribution in [0.2, 0.25) is 0 Å². The SMILES string of the molecule is CC(=O)N1CCC(C(=O)N[C@@H]2CCCC[C@@H]2C(C)(C)C)CC1. The summed E-state index contributed by atoms with van der Waals surface area (Å²) in [5.41, 5.74) is 0.246. The second-order valence-corrected chi connectivity index (χ2v) is 8.15. The number of carbonyl (C=O) groups excluding carboxylic acids is 2. The molecule has 4 nitrogen and oxygen atoms in total. The van der Waals surface area contributed by atoms with Crippen molar-refractivity contribution < 1.29 is 9.59 Å². The molecule has 1 aliphatic heterocycles. The molecule has 2 fully saturated rings. The summed E-state index contributed by atoms with van der Waals surface area (Å²) >= 11 is 0. The molecule has 1 heterocycles. The Kier molecular flexibility index (Phi) is 5.51. The number of carbonyl (C=O) groups is 2. The lowest BCUT2D eigenvalue weighted by atomic mass is 9.69. The van der Waals surface area contributed by atoms with Crippen molar-refractivity contribution in [1.29, 1.82) is 0 Å². The Bertz CT molecular complexity index is 406. The Hall–Kier alpha value is -1.06. The summed E-state index contributed by atoms with van der Waals surface area (Å²) in [7, 11) is 0. The predicted octanol–water partition coefficient (Wildman–Crippen LogP) is 2.97. The van der Waals surface area contributed by atoms with Crippen molar-refractivity contribution in [2.24, 2.45) is 17.3 Å². The zero-order valence-electron chi connectivity index (χ0n) is 14.7. The number of piperidine rings is 1. The van der Waals surface area contributed by atoms with Crippen LogP contribution in [-0.4, -0.2) is 35.8 Å². The highest BCUT2D eigenvalue weighted by molar-refractivity contribution is 5.80. The standard InChI is InChI=1S/C18H32N2O2/c1-13(21)20-11-9-14(10-12-20)17(22)19-16-8-6-5-7-15(16)18(2,3)4/h14-16H,5-12H2,1-4H3,(H,19,22)/t15-,16+/m0/s1. The first-order valence-electron chi connectivity index (χ1n) is 8.85. The fourth-order valence-corrected chi connectivity index (χ4v) is 4.10. The highest BCUT2D eigenvalue weighted by Gasteiger charge is 2.36. The number of nitrogens with zero attached hydrogens (tertiary/aromatic N) is 1. The van der Waals surface area contributed by atoms with Gasteiger partial charge in [-0.05, 0) is 37.0 Å². The minimum atomic E-state index is 0.0816. The van der Waals surface area contributed by atoms with Crippen molar-refractivity contribution >= 4 is 11.8 Å². The van der Waals surface area contributed by atoms with Gasteiger partial charge in [0.15, 0.2) is 0 Å². The van der Waals surface area contributed by atoms with Crippen LogP contribution < -0.4 is 5.32 Å². The number of hydrogen-bond donors (Lipinski definition) is 1. The van der Waals surface area contributed by atoms with Crippen LogP contribution in [0.1, 0.15) is 66.2 Å². The van der Waals surface area contributed by atoms with Crippen LogP contribution in [0.5, 0.6) is 0 Å². The largest absolute Gasteiger partial charge is 0.353 e. The zero-order chi connectivity index (χ0) is 16.3. The molecule has 2 amide bonds. The van der Waals surface area contributed by atoms with Crippen LogP contribution in [0.3, 0.4) is 0 Å². The van der Waals surface area contributed by atoms with Crippen LogP contribution in [0.15, 0.2) is 0 Å². The van der Waals surface area contributed by atoms with E-state index in [1.807, 2.05) is 4.90 Å². The van der Waals surface area contributed by atoms with E-state index in [2.05, 4.69) is 26.1 Å². The van der Waals surface area contributed by atoms with Crippen molar-refractivity contribution in [3.63, 3.8) is 0 Å². The molecule has 22 heavy (non-hydrogen) atoms. The molecule has 0 radical (unpaired) electrons. The van der Waals surface area contributed by atoms with Gasteiger partial charge in [-0.15, -0.1) is 0 Å². The molecule has 2 atom stereocenters. The summed E-state index contributed by atoms with van der Waals surface area (Å²) in [4.78, 5) is 25.8. The molecule has 2 aliphatic rings. The van der Waals surface area contributed by atoms with E-state index in [0.717, 1.165) is 32.4 Å². The van der Waals surface area contributed by atoms with Crippen LogP contribution >= 0.6 is 0 Å². The lowest BCUT2D eigenvalue weighted by Crippen LogP contribution is -2.50. The van der Waals surface area contributed by atoms with Crippen molar-refractivity contribution in [2.75, 3.05) is 13.1 Å². The summed E-state index contributed by atoms with van der Waals surface area (Å²) < 4.78 is 0. The third-order valence-electron chi connectivity index (χ3n) is 5.52. The van der Waals surface area contributed by atoms with Gasteiger partial charge in [0.05, 0.1) is 0 Å². The first-order chi connectivity index (χ1) is 10.3. The van der Waals surface area contributed by atoms with Gasteiger partial charge >= 0.3 is 0 Å². The van der Waals surface area contributed by atoms with Gasteiger partial charge in [-0.3, -0.25) is 9.59 Å². The first-order valence-corrected chi connectivity index (χ1v) is 8.85. The van der Waals surface area contributed by atoms with E-state index in [-0.39, 0.29) is 23.1 Å². The fraction of sp³-hybridized carbons (Fsp3) is 0.889.